The molecule has 0 atom stereocenters. The first-order valence-electron chi connectivity index (χ1n) is 9.09. The molecule has 2 amide bonds. The van der Waals surface area contributed by atoms with Crippen LogP contribution in [-0.4, -0.2) is 26.6 Å². The summed E-state index contributed by atoms with van der Waals surface area (Å²) in [5.41, 5.74) is 3.45. The van der Waals surface area contributed by atoms with Crippen molar-refractivity contribution in [2.24, 2.45) is 0 Å². The molecule has 0 saturated carbocycles. The molecule has 0 N–H and O–H groups in total. The molecule has 7 heteroatoms. The maximum atomic E-state index is 13.2. The van der Waals surface area contributed by atoms with E-state index in [-0.39, 0.29) is 5.91 Å². The summed E-state index contributed by atoms with van der Waals surface area (Å²) < 4.78 is 1.77. The largest absolute Gasteiger partial charge is 0.268 e. The number of aromatic nitrogens is 3. The topological polar surface area (TPSA) is 68.1 Å². The zero-order valence-electron chi connectivity index (χ0n) is 15.5. The van der Waals surface area contributed by atoms with Crippen molar-refractivity contribution in [1.29, 1.82) is 0 Å². The lowest BCUT2D eigenvalue weighted by Gasteiger charge is -2.13. The van der Waals surface area contributed by atoms with E-state index in [1.165, 1.54) is 6.20 Å². The number of nitrogens with zero attached hydrogens (tertiary/aromatic N) is 4. The lowest BCUT2D eigenvalue weighted by atomic mass is 10.1. The van der Waals surface area contributed by atoms with Crippen LogP contribution in [0, 0.1) is 6.92 Å². The summed E-state index contributed by atoms with van der Waals surface area (Å²) in [6.07, 6.45) is 1.47. The van der Waals surface area contributed by atoms with Gasteiger partial charge in [-0.05, 0) is 36.8 Å². The molecule has 0 bridgehead atoms. The van der Waals surface area contributed by atoms with Gasteiger partial charge < -0.3 is 0 Å². The Labute approximate surface area is 171 Å². The molecular formula is C22H15ClN4O2. The molecule has 3 heterocycles. The van der Waals surface area contributed by atoms with Gasteiger partial charge in [0, 0.05) is 11.2 Å². The number of benzene rings is 2. The number of rotatable bonds is 3. The van der Waals surface area contributed by atoms with Gasteiger partial charge in [-0.3, -0.25) is 9.59 Å². The average molecular weight is 403 g/mol. The minimum absolute atomic E-state index is 0.291. The summed E-state index contributed by atoms with van der Waals surface area (Å²) in [6, 6.07) is 16.5. The second kappa shape index (κ2) is 6.53. The van der Waals surface area contributed by atoms with E-state index < -0.39 is 5.91 Å². The predicted molar refractivity (Wildman–Crippen MR) is 110 cm³/mol. The van der Waals surface area contributed by atoms with Crippen molar-refractivity contribution in [2.75, 3.05) is 4.90 Å². The normalized spacial score (nSPS) is 13.4. The zero-order valence-corrected chi connectivity index (χ0v) is 16.2. The number of carbonyl (C=O) groups is 2. The Morgan fingerprint density at radius 2 is 1.69 bits per heavy atom. The second-order valence-corrected chi connectivity index (χ2v) is 7.33. The van der Waals surface area contributed by atoms with Crippen LogP contribution >= 0.6 is 11.6 Å². The highest BCUT2D eigenvalue weighted by Gasteiger charge is 2.39. The fraction of sp³-hybridized carbons (Fsp3) is 0.0909. The Hall–Kier alpha value is -3.51. The number of halogens is 1. The molecule has 4 aromatic rings. The summed E-state index contributed by atoms with van der Waals surface area (Å²) in [7, 11) is 0. The smallest absolute Gasteiger partial charge is 0.267 e. The Bertz CT molecular complexity index is 1280. The highest BCUT2D eigenvalue weighted by molar-refractivity contribution is 6.37. The summed E-state index contributed by atoms with van der Waals surface area (Å²) in [5.74, 6) is -0.765. The molecule has 1 aliphatic rings. The fourth-order valence-corrected chi connectivity index (χ4v) is 3.84. The highest BCUT2D eigenvalue weighted by atomic mass is 35.5. The first kappa shape index (κ1) is 17.6. The number of carbonyl (C=O) groups excluding carboxylic acids is 2. The van der Waals surface area contributed by atoms with E-state index in [0.717, 1.165) is 10.5 Å². The third kappa shape index (κ3) is 2.72. The van der Waals surface area contributed by atoms with E-state index in [2.05, 4.69) is 10.1 Å². The van der Waals surface area contributed by atoms with Crippen LogP contribution in [0.3, 0.4) is 0 Å². The van der Waals surface area contributed by atoms with Crippen LogP contribution < -0.4 is 4.90 Å². The molecule has 29 heavy (non-hydrogen) atoms. The molecule has 0 aliphatic carbocycles. The third-order valence-electron chi connectivity index (χ3n) is 5.05. The van der Waals surface area contributed by atoms with Crippen LogP contribution in [0.5, 0.6) is 0 Å². The third-order valence-corrected chi connectivity index (χ3v) is 5.30. The van der Waals surface area contributed by atoms with Crippen LogP contribution in [0.15, 0.2) is 60.8 Å². The number of imide groups is 1. The highest BCUT2D eigenvalue weighted by Crippen LogP contribution is 2.34. The minimum atomic E-state index is -0.392. The number of amides is 2. The molecule has 0 unspecified atom stereocenters. The number of hydrogen-bond donors (Lipinski definition) is 0. The number of pyridine rings is 1. The Morgan fingerprint density at radius 3 is 2.41 bits per heavy atom. The molecule has 6 nitrogen and oxygen atoms in total. The molecule has 0 saturated heterocycles. The van der Waals surface area contributed by atoms with Gasteiger partial charge in [0.15, 0.2) is 5.65 Å². The molecule has 2 aromatic carbocycles. The van der Waals surface area contributed by atoms with Gasteiger partial charge in [-0.1, -0.05) is 41.9 Å². The molecule has 0 spiro atoms. The van der Waals surface area contributed by atoms with E-state index in [1.807, 2.05) is 37.3 Å². The lowest BCUT2D eigenvalue weighted by molar-refractivity contribution is 0.0926. The summed E-state index contributed by atoms with van der Waals surface area (Å²) in [5, 5.41) is 5.74. The minimum Gasteiger partial charge on any atom is -0.268 e. The van der Waals surface area contributed by atoms with Crippen LogP contribution in [-0.2, 0) is 6.54 Å². The second-order valence-electron chi connectivity index (χ2n) is 6.90. The van der Waals surface area contributed by atoms with Crippen LogP contribution in [0.2, 0.25) is 5.02 Å². The van der Waals surface area contributed by atoms with Gasteiger partial charge in [0.2, 0.25) is 0 Å². The number of aryl methyl sites for hydroxylation is 1. The molecule has 0 radical (unpaired) electrons. The quantitative estimate of drug-likeness (QED) is 0.480. The first-order valence-corrected chi connectivity index (χ1v) is 9.47. The van der Waals surface area contributed by atoms with Crippen LogP contribution in [0.25, 0.3) is 11.0 Å². The summed E-state index contributed by atoms with van der Waals surface area (Å²) >= 11 is 5.94. The van der Waals surface area contributed by atoms with Crippen LogP contribution in [0.4, 0.5) is 5.69 Å². The lowest BCUT2D eigenvalue weighted by Crippen LogP contribution is -2.29. The number of hydrogen-bond acceptors (Lipinski definition) is 4. The number of anilines is 1. The van der Waals surface area contributed by atoms with E-state index >= 15 is 0 Å². The SMILES string of the molecule is Cc1nn(Cc2ccccc2)c2ncc3c(c12)C(=O)N(c1ccc(Cl)cc1)C3=O. The molecule has 5 rings (SSSR count). The molecular weight excluding hydrogens is 388 g/mol. The van der Waals surface area contributed by atoms with Crippen molar-refractivity contribution >= 4 is 40.1 Å². The average Bonchev–Trinajstić information content (AvgIpc) is 3.17. The molecule has 1 aliphatic heterocycles. The van der Waals surface area contributed by atoms with Gasteiger partial charge in [-0.25, -0.2) is 14.6 Å². The molecule has 2 aromatic heterocycles. The zero-order chi connectivity index (χ0) is 20.1. The predicted octanol–water partition coefficient (Wildman–Crippen LogP) is 4.24. The van der Waals surface area contributed by atoms with E-state index in [0.29, 0.717) is 45.1 Å². The van der Waals surface area contributed by atoms with Crippen molar-refractivity contribution in [2.45, 2.75) is 13.5 Å². The van der Waals surface area contributed by atoms with Gasteiger partial charge in [0.05, 0.1) is 34.4 Å². The maximum absolute atomic E-state index is 13.2. The monoisotopic (exact) mass is 402 g/mol. The van der Waals surface area contributed by atoms with E-state index in [4.69, 9.17) is 11.6 Å². The molecule has 142 valence electrons. The summed E-state index contributed by atoms with van der Waals surface area (Å²) in [6.45, 7) is 2.36. The van der Waals surface area contributed by atoms with Gasteiger partial charge in [-0.2, -0.15) is 5.10 Å². The number of fused-ring (bicyclic) bond motifs is 3. The van der Waals surface area contributed by atoms with Crippen molar-refractivity contribution in [3.63, 3.8) is 0 Å². The van der Waals surface area contributed by atoms with Crippen molar-refractivity contribution in [3.05, 3.63) is 88.2 Å². The fourth-order valence-electron chi connectivity index (χ4n) is 3.72. The van der Waals surface area contributed by atoms with Gasteiger partial charge in [0.25, 0.3) is 11.8 Å². The summed E-state index contributed by atoms with van der Waals surface area (Å²) in [4.78, 5) is 31.8. The van der Waals surface area contributed by atoms with E-state index in [1.54, 1.807) is 28.9 Å². The maximum Gasteiger partial charge on any atom is 0.267 e. The standard InChI is InChI=1S/C22H15ClN4O2/c1-13-18-19-17(21(28)27(22(19)29)16-9-7-15(23)8-10-16)11-24-20(18)26(25-13)12-14-5-3-2-4-6-14/h2-11H,12H2,1H3. The Balaban J connectivity index is 1.63. The van der Waals surface area contributed by atoms with Gasteiger partial charge in [-0.15, -0.1) is 0 Å². The van der Waals surface area contributed by atoms with Crippen molar-refractivity contribution in [1.82, 2.24) is 14.8 Å². The Morgan fingerprint density at radius 1 is 0.966 bits per heavy atom. The van der Waals surface area contributed by atoms with Gasteiger partial charge >= 0.3 is 0 Å². The van der Waals surface area contributed by atoms with Crippen molar-refractivity contribution < 1.29 is 9.59 Å². The van der Waals surface area contributed by atoms with Crippen LogP contribution in [0.1, 0.15) is 32.0 Å². The van der Waals surface area contributed by atoms with Crippen molar-refractivity contribution in [3.8, 4) is 0 Å². The Kier molecular flexibility index (Phi) is 3.96. The van der Waals surface area contributed by atoms with E-state index in [9.17, 15) is 9.59 Å². The molecule has 0 fully saturated rings. The first-order chi connectivity index (χ1) is 14.0. The van der Waals surface area contributed by atoms with Gasteiger partial charge in [0.1, 0.15) is 0 Å².